The smallest absolute Gasteiger partial charge is 0.362 e. The Morgan fingerprint density at radius 3 is 2.19 bits per heavy atom. The SMILES string of the molecule is O=C(CCC(=O)N1CCN(c2ccc(C(F)(F)F)cc2[N+](=O)[O-])CC1)c1ccccc1. The summed E-state index contributed by atoms with van der Waals surface area (Å²) >= 11 is 0. The van der Waals surface area contributed by atoms with Crippen LogP contribution in [0.3, 0.4) is 0 Å². The number of carbonyl (C=O) groups excluding carboxylic acids is 2. The first-order chi connectivity index (χ1) is 14.7. The van der Waals surface area contributed by atoms with E-state index in [1.54, 1.807) is 40.1 Å². The minimum atomic E-state index is -4.68. The molecule has 1 saturated heterocycles. The molecule has 1 aliphatic heterocycles. The van der Waals surface area contributed by atoms with Gasteiger partial charge in [0, 0.05) is 50.7 Å². The second-order valence-electron chi connectivity index (χ2n) is 7.12. The number of benzene rings is 2. The van der Waals surface area contributed by atoms with Gasteiger partial charge in [0.15, 0.2) is 5.78 Å². The molecule has 0 spiro atoms. The number of carbonyl (C=O) groups is 2. The standard InChI is InChI=1S/C21H20F3N3O4/c22-21(23,24)16-6-7-17(18(14-16)27(30)31)25-10-12-26(13-11-25)20(29)9-8-19(28)15-4-2-1-3-5-15/h1-7,14H,8-13H2. The normalized spacial score (nSPS) is 14.4. The van der Waals surface area contributed by atoms with Crippen molar-refractivity contribution < 1.29 is 27.7 Å². The highest BCUT2D eigenvalue weighted by Gasteiger charge is 2.34. The van der Waals surface area contributed by atoms with Crippen LogP contribution in [0.2, 0.25) is 0 Å². The van der Waals surface area contributed by atoms with Crippen LogP contribution < -0.4 is 4.90 Å². The zero-order valence-electron chi connectivity index (χ0n) is 16.5. The maximum atomic E-state index is 12.9. The molecule has 2 aromatic carbocycles. The van der Waals surface area contributed by atoms with Gasteiger partial charge in [-0.25, -0.2) is 0 Å². The number of nitro groups is 1. The van der Waals surface area contributed by atoms with Crippen molar-refractivity contribution in [1.29, 1.82) is 0 Å². The number of amides is 1. The summed E-state index contributed by atoms with van der Waals surface area (Å²) in [7, 11) is 0. The number of nitro benzene ring substituents is 1. The third kappa shape index (κ3) is 5.39. The molecule has 164 valence electrons. The topological polar surface area (TPSA) is 83.8 Å². The summed E-state index contributed by atoms with van der Waals surface area (Å²) in [5.74, 6) is -0.334. The number of Topliss-reactive ketones (excluding diaryl/α,β-unsaturated/α-hetero) is 1. The molecule has 0 radical (unpaired) electrons. The summed E-state index contributed by atoms with van der Waals surface area (Å²) in [6.45, 7) is 1.00. The van der Waals surface area contributed by atoms with Crippen LogP contribution in [0.4, 0.5) is 24.5 Å². The molecule has 3 rings (SSSR count). The van der Waals surface area contributed by atoms with Gasteiger partial charge >= 0.3 is 6.18 Å². The molecular weight excluding hydrogens is 415 g/mol. The van der Waals surface area contributed by atoms with Gasteiger partial charge in [-0.2, -0.15) is 13.2 Å². The summed E-state index contributed by atoms with van der Waals surface area (Å²) in [6.07, 6.45) is -4.55. The Hall–Kier alpha value is -3.43. The Bertz CT molecular complexity index is 972. The molecule has 1 aliphatic rings. The quantitative estimate of drug-likeness (QED) is 0.390. The largest absolute Gasteiger partial charge is 0.416 e. The predicted octanol–water partition coefficient (Wildman–Crippen LogP) is 3.93. The van der Waals surface area contributed by atoms with Gasteiger partial charge in [0.05, 0.1) is 10.5 Å². The highest BCUT2D eigenvalue weighted by atomic mass is 19.4. The van der Waals surface area contributed by atoms with Crippen LogP contribution in [-0.2, 0) is 11.0 Å². The van der Waals surface area contributed by atoms with Crippen LogP contribution in [0.5, 0.6) is 0 Å². The number of anilines is 1. The van der Waals surface area contributed by atoms with Crippen molar-refractivity contribution >= 4 is 23.1 Å². The van der Waals surface area contributed by atoms with E-state index in [1.807, 2.05) is 0 Å². The molecule has 0 aliphatic carbocycles. The molecule has 0 saturated carbocycles. The van der Waals surface area contributed by atoms with Crippen LogP contribution >= 0.6 is 0 Å². The third-order valence-electron chi connectivity index (χ3n) is 5.13. The minimum Gasteiger partial charge on any atom is -0.362 e. The fraction of sp³-hybridized carbons (Fsp3) is 0.333. The zero-order chi connectivity index (χ0) is 22.6. The molecule has 2 aromatic rings. The van der Waals surface area contributed by atoms with Crippen LogP contribution in [0.15, 0.2) is 48.5 Å². The summed E-state index contributed by atoms with van der Waals surface area (Å²) in [5, 5.41) is 11.3. The zero-order valence-corrected chi connectivity index (χ0v) is 16.5. The fourth-order valence-corrected chi connectivity index (χ4v) is 3.46. The maximum Gasteiger partial charge on any atom is 0.416 e. The van der Waals surface area contributed by atoms with E-state index in [1.165, 1.54) is 0 Å². The predicted molar refractivity (Wildman–Crippen MR) is 107 cm³/mol. The summed E-state index contributed by atoms with van der Waals surface area (Å²) in [5.41, 5.74) is -1.08. The Morgan fingerprint density at radius 2 is 1.61 bits per heavy atom. The van der Waals surface area contributed by atoms with Crippen molar-refractivity contribution in [3.63, 3.8) is 0 Å². The van der Waals surface area contributed by atoms with Crippen LogP contribution in [-0.4, -0.2) is 47.7 Å². The Kier molecular flexibility index (Phi) is 6.57. The van der Waals surface area contributed by atoms with Gasteiger partial charge in [-0.15, -0.1) is 0 Å². The van der Waals surface area contributed by atoms with E-state index in [0.717, 1.165) is 12.1 Å². The van der Waals surface area contributed by atoms with Gasteiger partial charge in [-0.05, 0) is 12.1 Å². The van der Waals surface area contributed by atoms with Crippen molar-refractivity contribution in [3.8, 4) is 0 Å². The number of piperazine rings is 1. The van der Waals surface area contributed by atoms with E-state index in [2.05, 4.69) is 0 Å². The van der Waals surface area contributed by atoms with Gasteiger partial charge < -0.3 is 9.80 Å². The molecule has 31 heavy (non-hydrogen) atoms. The number of halogens is 3. The van der Waals surface area contributed by atoms with E-state index in [9.17, 15) is 32.9 Å². The van der Waals surface area contributed by atoms with Gasteiger partial charge in [0.25, 0.3) is 5.69 Å². The molecule has 10 heteroatoms. The second kappa shape index (κ2) is 9.15. The number of ketones is 1. The lowest BCUT2D eigenvalue weighted by Crippen LogP contribution is -2.49. The molecule has 0 atom stereocenters. The van der Waals surface area contributed by atoms with E-state index in [4.69, 9.17) is 0 Å². The number of alkyl halides is 3. The van der Waals surface area contributed by atoms with E-state index < -0.39 is 22.4 Å². The van der Waals surface area contributed by atoms with Crippen LogP contribution in [0.25, 0.3) is 0 Å². The monoisotopic (exact) mass is 435 g/mol. The van der Waals surface area contributed by atoms with Gasteiger partial charge in [-0.3, -0.25) is 19.7 Å². The van der Waals surface area contributed by atoms with Crippen molar-refractivity contribution in [2.45, 2.75) is 19.0 Å². The lowest BCUT2D eigenvalue weighted by Gasteiger charge is -2.36. The Balaban J connectivity index is 1.59. The second-order valence-corrected chi connectivity index (χ2v) is 7.12. The lowest BCUT2D eigenvalue weighted by atomic mass is 10.1. The summed E-state index contributed by atoms with van der Waals surface area (Å²) in [4.78, 5) is 38.2. The number of hydrogen-bond acceptors (Lipinski definition) is 5. The lowest BCUT2D eigenvalue weighted by molar-refractivity contribution is -0.384. The average molecular weight is 435 g/mol. The summed E-state index contributed by atoms with van der Waals surface area (Å²) < 4.78 is 38.6. The molecule has 7 nitrogen and oxygen atoms in total. The van der Waals surface area contributed by atoms with E-state index in [-0.39, 0.29) is 56.4 Å². The molecule has 0 unspecified atom stereocenters. The van der Waals surface area contributed by atoms with E-state index >= 15 is 0 Å². The maximum absolute atomic E-state index is 12.9. The highest BCUT2D eigenvalue weighted by molar-refractivity contribution is 5.97. The minimum absolute atomic E-state index is 0.0498. The van der Waals surface area contributed by atoms with Crippen molar-refractivity contribution in [3.05, 3.63) is 69.8 Å². The van der Waals surface area contributed by atoms with Crippen molar-refractivity contribution in [1.82, 2.24) is 4.90 Å². The molecular formula is C21H20F3N3O4. The molecule has 1 fully saturated rings. The first-order valence-electron chi connectivity index (χ1n) is 9.63. The van der Waals surface area contributed by atoms with Crippen LogP contribution in [0.1, 0.15) is 28.8 Å². The fourth-order valence-electron chi connectivity index (χ4n) is 3.46. The number of nitrogens with zero attached hydrogens (tertiary/aromatic N) is 3. The molecule has 1 heterocycles. The average Bonchev–Trinajstić information content (AvgIpc) is 2.77. The molecule has 0 bridgehead atoms. The van der Waals surface area contributed by atoms with Gasteiger partial charge in [-0.1, -0.05) is 30.3 Å². The Morgan fingerprint density at radius 1 is 0.968 bits per heavy atom. The molecule has 1 amide bonds. The first kappa shape index (κ1) is 22.3. The van der Waals surface area contributed by atoms with Crippen molar-refractivity contribution in [2.24, 2.45) is 0 Å². The number of hydrogen-bond donors (Lipinski definition) is 0. The van der Waals surface area contributed by atoms with E-state index in [0.29, 0.717) is 11.6 Å². The van der Waals surface area contributed by atoms with Crippen LogP contribution in [0, 0.1) is 10.1 Å². The Labute approximate surface area is 176 Å². The van der Waals surface area contributed by atoms with Gasteiger partial charge in [0.1, 0.15) is 5.69 Å². The summed E-state index contributed by atoms with van der Waals surface area (Å²) in [6, 6.07) is 11.1. The first-order valence-corrected chi connectivity index (χ1v) is 9.63. The number of rotatable bonds is 6. The molecule has 0 aromatic heterocycles. The highest BCUT2D eigenvalue weighted by Crippen LogP contribution is 2.36. The molecule has 0 N–H and O–H groups in total. The van der Waals surface area contributed by atoms with Crippen molar-refractivity contribution in [2.75, 3.05) is 31.1 Å². The van der Waals surface area contributed by atoms with Gasteiger partial charge in [0.2, 0.25) is 5.91 Å². The third-order valence-corrected chi connectivity index (χ3v) is 5.13.